The number of carbonyl (C=O) groups excluding carboxylic acids is 3. The van der Waals surface area contributed by atoms with Gasteiger partial charge < -0.3 is 19.8 Å². The molecule has 7 nitrogen and oxygen atoms in total. The molecular formula is C18H19ClN2O5. The third-order valence-corrected chi connectivity index (χ3v) is 3.89. The van der Waals surface area contributed by atoms with Crippen LogP contribution in [-0.4, -0.2) is 29.9 Å². The molecule has 1 aromatic heterocycles. The Bertz CT molecular complexity index is 776. The standard InChI is InChI=1S/C18H19ClN2O5/c1-11(21-17(23)15-8-5-9-25-15)18(24)26-12(2)16(22)20-10-13-6-3-4-7-14(13)19/h3-9,11-12H,10H2,1-2H3,(H,20,22)(H,21,23)/t11-,12?/m0/s1. The second-order valence-electron chi connectivity index (χ2n) is 5.56. The molecule has 0 aliphatic heterocycles. The Morgan fingerprint density at radius 3 is 2.54 bits per heavy atom. The van der Waals surface area contributed by atoms with Gasteiger partial charge in [0.05, 0.1) is 6.26 Å². The monoisotopic (exact) mass is 378 g/mol. The number of rotatable bonds is 7. The van der Waals surface area contributed by atoms with Gasteiger partial charge in [-0.3, -0.25) is 9.59 Å². The third kappa shape index (κ3) is 5.35. The summed E-state index contributed by atoms with van der Waals surface area (Å²) < 4.78 is 10.0. The number of carbonyl (C=O) groups is 3. The smallest absolute Gasteiger partial charge is 0.329 e. The number of benzene rings is 1. The van der Waals surface area contributed by atoms with Crippen molar-refractivity contribution >= 4 is 29.4 Å². The first kappa shape index (κ1) is 19.5. The van der Waals surface area contributed by atoms with E-state index in [9.17, 15) is 14.4 Å². The summed E-state index contributed by atoms with van der Waals surface area (Å²) in [6, 6.07) is 9.19. The SMILES string of the molecule is CC(OC(=O)[C@H](C)NC(=O)c1ccco1)C(=O)NCc1ccccc1Cl. The molecule has 8 heteroatoms. The molecule has 2 rings (SSSR count). The van der Waals surface area contributed by atoms with Crippen molar-refractivity contribution in [3.63, 3.8) is 0 Å². The summed E-state index contributed by atoms with van der Waals surface area (Å²) in [5.41, 5.74) is 0.750. The van der Waals surface area contributed by atoms with E-state index in [4.69, 9.17) is 20.8 Å². The molecule has 2 amide bonds. The minimum atomic E-state index is -1.02. The molecule has 1 aromatic carbocycles. The Hall–Kier alpha value is -2.80. The second-order valence-corrected chi connectivity index (χ2v) is 5.97. The molecule has 2 aromatic rings. The fourth-order valence-electron chi connectivity index (χ4n) is 2.03. The highest BCUT2D eigenvalue weighted by atomic mass is 35.5. The number of esters is 1. The molecule has 0 aliphatic rings. The van der Waals surface area contributed by atoms with Crippen molar-refractivity contribution in [2.45, 2.75) is 32.5 Å². The Kier molecular flexibility index (Phi) is 6.80. The molecule has 0 radical (unpaired) electrons. The lowest BCUT2D eigenvalue weighted by Gasteiger charge is -2.17. The van der Waals surface area contributed by atoms with Gasteiger partial charge in [-0.05, 0) is 37.6 Å². The number of hydrogen-bond donors (Lipinski definition) is 2. The van der Waals surface area contributed by atoms with Crippen LogP contribution in [0.5, 0.6) is 0 Å². The zero-order chi connectivity index (χ0) is 19.1. The van der Waals surface area contributed by atoms with Crippen LogP contribution in [-0.2, 0) is 20.9 Å². The number of halogens is 1. The van der Waals surface area contributed by atoms with Crippen LogP contribution in [0, 0.1) is 0 Å². The number of hydrogen-bond acceptors (Lipinski definition) is 5. The quantitative estimate of drug-likeness (QED) is 0.720. The third-order valence-electron chi connectivity index (χ3n) is 3.52. The molecule has 2 N–H and O–H groups in total. The molecule has 0 saturated heterocycles. The van der Waals surface area contributed by atoms with Gasteiger partial charge in [0.15, 0.2) is 11.9 Å². The molecule has 26 heavy (non-hydrogen) atoms. The van der Waals surface area contributed by atoms with Gasteiger partial charge in [-0.2, -0.15) is 0 Å². The van der Waals surface area contributed by atoms with Crippen molar-refractivity contribution in [2.75, 3.05) is 0 Å². The van der Waals surface area contributed by atoms with E-state index in [1.807, 2.05) is 0 Å². The molecule has 0 saturated carbocycles. The summed E-state index contributed by atoms with van der Waals surface area (Å²) in [5.74, 6) is -1.67. The molecule has 138 valence electrons. The Morgan fingerprint density at radius 1 is 1.15 bits per heavy atom. The van der Waals surface area contributed by atoms with Crippen molar-refractivity contribution in [1.29, 1.82) is 0 Å². The normalized spacial score (nSPS) is 12.7. The van der Waals surface area contributed by atoms with Crippen molar-refractivity contribution in [2.24, 2.45) is 0 Å². The van der Waals surface area contributed by atoms with Crippen LogP contribution in [0.3, 0.4) is 0 Å². The van der Waals surface area contributed by atoms with Crippen LogP contribution >= 0.6 is 11.6 Å². The summed E-state index contributed by atoms with van der Waals surface area (Å²) in [6.45, 7) is 3.11. The van der Waals surface area contributed by atoms with Crippen molar-refractivity contribution in [3.05, 3.63) is 59.0 Å². The predicted molar refractivity (Wildman–Crippen MR) is 94.5 cm³/mol. The first-order chi connectivity index (χ1) is 12.4. The molecule has 0 spiro atoms. The van der Waals surface area contributed by atoms with E-state index >= 15 is 0 Å². The summed E-state index contributed by atoms with van der Waals surface area (Å²) in [6.07, 6.45) is 0.330. The maximum absolute atomic E-state index is 12.1. The zero-order valence-electron chi connectivity index (χ0n) is 14.3. The summed E-state index contributed by atoms with van der Waals surface area (Å²) >= 11 is 6.02. The highest BCUT2D eigenvalue weighted by Gasteiger charge is 2.24. The predicted octanol–water partition coefficient (Wildman–Crippen LogP) is 2.30. The Morgan fingerprint density at radius 2 is 1.88 bits per heavy atom. The van der Waals surface area contributed by atoms with Gasteiger partial charge >= 0.3 is 5.97 Å². The van der Waals surface area contributed by atoms with Gasteiger partial charge in [-0.25, -0.2) is 4.79 Å². The van der Waals surface area contributed by atoms with E-state index in [0.717, 1.165) is 5.56 Å². The van der Waals surface area contributed by atoms with Crippen molar-refractivity contribution in [3.8, 4) is 0 Å². The first-order valence-electron chi connectivity index (χ1n) is 7.94. The van der Waals surface area contributed by atoms with Gasteiger partial charge in [0, 0.05) is 11.6 Å². The maximum atomic E-state index is 12.1. The van der Waals surface area contributed by atoms with Gasteiger partial charge in [0.2, 0.25) is 0 Å². The van der Waals surface area contributed by atoms with Gasteiger partial charge in [-0.15, -0.1) is 0 Å². The van der Waals surface area contributed by atoms with E-state index in [-0.39, 0.29) is 12.3 Å². The van der Waals surface area contributed by atoms with Crippen LogP contribution in [0.15, 0.2) is 47.1 Å². The van der Waals surface area contributed by atoms with Crippen molar-refractivity contribution in [1.82, 2.24) is 10.6 Å². The average molecular weight is 379 g/mol. The summed E-state index contributed by atoms with van der Waals surface area (Å²) in [4.78, 5) is 35.9. The zero-order valence-corrected chi connectivity index (χ0v) is 15.1. The number of furan rings is 1. The van der Waals surface area contributed by atoms with E-state index in [1.54, 1.807) is 30.3 Å². The van der Waals surface area contributed by atoms with Crippen LogP contribution < -0.4 is 10.6 Å². The molecule has 0 fully saturated rings. The largest absolute Gasteiger partial charge is 0.459 e. The minimum Gasteiger partial charge on any atom is -0.459 e. The average Bonchev–Trinajstić information content (AvgIpc) is 3.15. The number of nitrogens with one attached hydrogen (secondary N) is 2. The van der Waals surface area contributed by atoms with E-state index in [0.29, 0.717) is 5.02 Å². The van der Waals surface area contributed by atoms with Crippen LogP contribution in [0.1, 0.15) is 30.0 Å². The van der Waals surface area contributed by atoms with E-state index in [1.165, 1.54) is 26.2 Å². The van der Waals surface area contributed by atoms with E-state index < -0.39 is 29.9 Å². The molecule has 0 bridgehead atoms. The van der Waals surface area contributed by atoms with Gasteiger partial charge in [0.1, 0.15) is 6.04 Å². The molecule has 1 heterocycles. The number of ether oxygens (including phenoxy) is 1. The van der Waals surface area contributed by atoms with Crippen LogP contribution in [0.2, 0.25) is 5.02 Å². The highest BCUT2D eigenvalue weighted by molar-refractivity contribution is 6.31. The fraction of sp³-hybridized carbons (Fsp3) is 0.278. The topological polar surface area (TPSA) is 97.6 Å². The van der Waals surface area contributed by atoms with E-state index in [2.05, 4.69) is 10.6 Å². The maximum Gasteiger partial charge on any atom is 0.329 e. The lowest BCUT2D eigenvalue weighted by atomic mass is 10.2. The molecule has 0 aliphatic carbocycles. The Labute approximate surface area is 155 Å². The van der Waals surface area contributed by atoms with Crippen LogP contribution in [0.25, 0.3) is 0 Å². The summed E-state index contributed by atoms with van der Waals surface area (Å²) in [5, 5.41) is 5.61. The van der Waals surface area contributed by atoms with Crippen LogP contribution in [0.4, 0.5) is 0 Å². The molecule has 1 unspecified atom stereocenters. The lowest BCUT2D eigenvalue weighted by molar-refractivity contribution is -0.156. The fourth-order valence-corrected chi connectivity index (χ4v) is 2.23. The Balaban J connectivity index is 1.80. The molecule has 2 atom stereocenters. The number of amides is 2. The second kappa shape index (κ2) is 9.05. The lowest BCUT2D eigenvalue weighted by Crippen LogP contribution is -2.43. The molecular weight excluding hydrogens is 360 g/mol. The minimum absolute atomic E-state index is 0.0789. The van der Waals surface area contributed by atoms with Gasteiger partial charge in [-0.1, -0.05) is 29.8 Å². The highest BCUT2D eigenvalue weighted by Crippen LogP contribution is 2.14. The first-order valence-corrected chi connectivity index (χ1v) is 8.32. The summed E-state index contributed by atoms with van der Waals surface area (Å²) in [7, 11) is 0. The van der Waals surface area contributed by atoms with Gasteiger partial charge in [0.25, 0.3) is 11.8 Å². The van der Waals surface area contributed by atoms with Crippen molar-refractivity contribution < 1.29 is 23.5 Å².